The number of H-pyrrole nitrogens is 1. The van der Waals surface area contributed by atoms with Gasteiger partial charge in [0.2, 0.25) is 0 Å². The van der Waals surface area contributed by atoms with Crippen molar-refractivity contribution in [1.82, 2.24) is 15.2 Å². The largest absolute Gasteiger partial charge is 0.479 e. The van der Waals surface area contributed by atoms with E-state index in [-0.39, 0.29) is 5.91 Å². The van der Waals surface area contributed by atoms with Gasteiger partial charge in [-0.2, -0.15) is 5.10 Å². The highest BCUT2D eigenvalue weighted by Crippen LogP contribution is 2.28. The van der Waals surface area contributed by atoms with Gasteiger partial charge in [-0.15, -0.1) is 0 Å². The molecule has 3 aromatic rings. The summed E-state index contributed by atoms with van der Waals surface area (Å²) in [4.78, 5) is 16.7. The molecule has 1 aromatic heterocycles. The number of amides is 1. The Bertz CT molecular complexity index is 942. The van der Waals surface area contributed by atoms with E-state index in [1.807, 2.05) is 19.1 Å². The lowest BCUT2D eigenvalue weighted by Crippen LogP contribution is -2.30. The molecule has 0 bridgehead atoms. The van der Waals surface area contributed by atoms with Crippen LogP contribution in [0.3, 0.4) is 0 Å². The van der Waals surface area contributed by atoms with E-state index in [1.165, 1.54) is 0 Å². The van der Waals surface area contributed by atoms with Crippen LogP contribution >= 0.6 is 23.2 Å². The van der Waals surface area contributed by atoms with Crippen molar-refractivity contribution in [1.29, 1.82) is 0 Å². The van der Waals surface area contributed by atoms with Gasteiger partial charge >= 0.3 is 0 Å². The molecule has 0 aliphatic carbocycles. The summed E-state index contributed by atoms with van der Waals surface area (Å²) in [6.45, 7) is 3.46. The minimum absolute atomic E-state index is 0.306. The molecule has 0 spiro atoms. The molecule has 0 aliphatic heterocycles. The highest BCUT2D eigenvalue weighted by atomic mass is 35.5. The number of hydrogen-bond acceptors (Lipinski definition) is 4. The van der Waals surface area contributed by atoms with E-state index >= 15 is 0 Å². The number of halogens is 2. The summed E-state index contributed by atoms with van der Waals surface area (Å²) in [5.41, 5.74) is 1.41. The highest BCUT2D eigenvalue weighted by Gasteiger charge is 2.17. The van der Waals surface area contributed by atoms with Crippen LogP contribution in [0.2, 0.25) is 10.0 Å². The molecule has 0 saturated heterocycles. The molecule has 134 valence electrons. The van der Waals surface area contributed by atoms with Crippen LogP contribution in [-0.4, -0.2) is 27.2 Å². The van der Waals surface area contributed by atoms with E-state index in [2.05, 4.69) is 20.5 Å². The number of aryl methyl sites for hydroxylation is 1. The van der Waals surface area contributed by atoms with Gasteiger partial charge < -0.3 is 10.1 Å². The minimum Gasteiger partial charge on any atom is -0.479 e. The Hall–Kier alpha value is -2.57. The van der Waals surface area contributed by atoms with Crippen molar-refractivity contribution in [2.24, 2.45) is 0 Å². The Kier molecular flexibility index (Phi) is 5.44. The topological polar surface area (TPSA) is 79.9 Å². The maximum atomic E-state index is 12.4. The lowest BCUT2D eigenvalue weighted by Gasteiger charge is -2.16. The fraction of sp³-hybridized carbons (Fsp3) is 0.167. The van der Waals surface area contributed by atoms with Crippen LogP contribution in [0.25, 0.3) is 11.4 Å². The molecular formula is C18H16Cl2N4O2. The number of rotatable bonds is 5. The van der Waals surface area contributed by atoms with Crippen LogP contribution < -0.4 is 10.1 Å². The number of carbonyl (C=O) groups is 1. The number of benzene rings is 2. The number of anilines is 1. The Morgan fingerprint density at radius 3 is 2.73 bits per heavy atom. The summed E-state index contributed by atoms with van der Waals surface area (Å²) < 4.78 is 5.62. The first kappa shape index (κ1) is 18.2. The summed E-state index contributed by atoms with van der Waals surface area (Å²) in [5, 5.41) is 10.6. The smallest absolute Gasteiger partial charge is 0.265 e. The molecule has 1 heterocycles. The number of ether oxygens (including phenoxy) is 1. The SMILES string of the molecule is Cc1nc(-c2cccc(NC(=O)C(C)Oc3ccc(Cl)cc3Cl)c2)n[nH]1. The highest BCUT2D eigenvalue weighted by molar-refractivity contribution is 6.35. The van der Waals surface area contributed by atoms with Gasteiger partial charge in [0.05, 0.1) is 5.02 Å². The molecular weight excluding hydrogens is 375 g/mol. The number of hydrogen-bond donors (Lipinski definition) is 2. The second-order valence-electron chi connectivity index (χ2n) is 5.65. The predicted octanol–water partition coefficient (Wildman–Crippen LogP) is 4.49. The molecule has 8 heteroatoms. The van der Waals surface area contributed by atoms with Crippen molar-refractivity contribution in [3.63, 3.8) is 0 Å². The van der Waals surface area contributed by atoms with Gasteiger partial charge in [-0.05, 0) is 44.2 Å². The summed E-state index contributed by atoms with van der Waals surface area (Å²) in [6, 6.07) is 12.1. The molecule has 0 saturated carbocycles. The van der Waals surface area contributed by atoms with Gasteiger partial charge in [0.15, 0.2) is 11.9 Å². The van der Waals surface area contributed by atoms with E-state index < -0.39 is 6.10 Å². The van der Waals surface area contributed by atoms with Crippen LogP contribution in [0, 0.1) is 6.92 Å². The minimum atomic E-state index is -0.747. The molecule has 2 N–H and O–H groups in total. The lowest BCUT2D eigenvalue weighted by atomic mass is 10.2. The third-order valence-electron chi connectivity index (χ3n) is 3.55. The lowest BCUT2D eigenvalue weighted by molar-refractivity contribution is -0.122. The Morgan fingerprint density at radius 1 is 1.23 bits per heavy atom. The first-order chi connectivity index (χ1) is 12.4. The average Bonchev–Trinajstić information content (AvgIpc) is 3.04. The van der Waals surface area contributed by atoms with Crippen molar-refractivity contribution in [2.45, 2.75) is 20.0 Å². The second kappa shape index (κ2) is 7.76. The summed E-state index contributed by atoms with van der Waals surface area (Å²) in [7, 11) is 0. The van der Waals surface area contributed by atoms with Crippen molar-refractivity contribution in [2.75, 3.05) is 5.32 Å². The Balaban J connectivity index is 1.69. The van der Waals surface area contributed by atoms with Crippen molar-refractivity contribution in [3.05, 3.63) is 58.3 Å². The quantitative estimate of drug-likeness (QED) is 0.672. The standard InChI is InChI=1S/C18H16Cl2N4O2/c1-10(26-16-7-6-13(19)9-15(16)20)18(25)22-14-5-3-4-12(8-14)17-21-11(2)23-24-17/h3-10H,1-2H3,(H,22,25)(H,21,23,24). The van der Waals surface area contributed by atoms with Gasteiger partial charge in [-0.3, -0.25) is 9.89 Å². The Morgan fingerprint density at radius 2 is 2.04 bits per heavy atom. The molecule has 0 radical (unpaired) electrons. The van der Waals surface area contributed by atoms with E-state index in [0.29, 0.717) is 27.3 Å². The Labute approximate surface area is 160 Å². The van der Waals surface area contributed by atoms with Crippen LogP contribution in [0.15, 0.2) is 42.5 Å². The molecule has 0 fully saturated rings. The normalized spacial score (nSPS) is 11.8. The molecule has 3 rings (SSSR count). The van der Waals surface area contributed by atoms with E-state index in [4.69, 9.17) is 27.9 Å². The molecule has 2 aromatic carbocycles. The monoisotopic (exact) mass is 390 g/mol. The van der Waals surface area contributed by atoms with E-state index in [1.54, 1.807) is 37.3 Å². The van der Waals surface area contributed by atoms with Crippen molar-refractivity contribution >= 4 is 34.8 Å². The summed E-state index contributed by atoms with van der Waals surface area (Å²) in [6.07, 6.45) is -0.747. The van der Waals surface area contributed by atoms with Gasteiger partial charge in [0.25, 0.3) is 5.91 Å². The van der Waals surface area contributed by atoms with E-state index in [0.717, 1.165) is 11.4 Å². The maximum absolute atomic E-state index is 12.4. The first-order valence-electron chi connectivity index (χ1n) is 7.84. The zero-order chi connectivity index (χ0) is 18.7. The molecule has 1 amide bonds. The number of nitrogens with zero attached hydrogens (tertiary/aromatic N) is 2. The second-order valence-corrected chi connectivity index (χ2v) is 6.49. The molecule has 1 unspecified atom stereocenters. The zero-order valence-electron chi connectivity index (χ0n) is 14.1. The van der Waals surface area contributed by atoms with Crippen LogP contribution in [-0.2, 0) is 4.79 Å². The van der Waals surface area contributed by atoms with Gasteiger partial charge in [0, 0.05) is 16.3 Å². The third kappa shape index (κ3) is 4.33. The van der Waals surface area contributed by atoms with Crippen LogP contribution in [0.4, 0.5) is 5.69 Å². The zero-order valence-corrected chi connectivity index (χ0v) is 15.6. The molecule has 26 heavy (non-hydrogen) atoms. The molecule has 1 atom stereocenters. The summed E-state index contributed by atoms with van der Waals surface area (Å²) in [5.74, 6) is 1.37. The van der Waals surface area contributed by atoms with Crippen LogP contribution in [0.5, 0.6) is 5.75 Å². The maximum Gasteiger partial charge on any atom is 0.265 e. The number of carbonyl (C=O) groups excluding carboxylic acids is 1. The predicted molar refractivity (Wildman–Crippen MR) is 102 cm³/mol. The van der Waals surface area contributed by atoms with Gasteiger partial charge in [-0.25, -0.2) is 4.98 Å². The number of aromatic nitrogens is 3. The number of nitrogens with one attached hydrogen (secondary N) is 2. The van der Waals surface area contributed by atoms with Gasteiger partial charge in [-0.1, -0.05) is 35.3 Å². The molecule has 6 nitrogen and oxygen atoms in total. The van der Waals surface area contributed by atoms with Crippen molar-refractivity contribution < 1.29 is 9.53 Å². The van der Waals surface area contributed by atoms with Crippen LogP contribution in [0.1, 0.15) is 12.7 Å². The first-order valence-corrected chi connectivity index (χ1v) is 8.60. The number of aromatic amines is 1. The van der Waals surface area contributed by atoms with E-state index in [9.17, 15) is 4.79 Å². The fourth-order valence-electron chi connectivity index (χ4n) is 2.27. The summed E-state index contributed by atoms with van der Waals surface area (Å²) >= 11 is 11.9. The molecule has 0 aliphatic rings. The fourth-order valence-corrected chi connectivity index (χ4v) is 2.72. The van der Waals surface area contributed by atoms with Crippen molar-refractivity contribution in [3.8, 4) is 17.1 Å². The third-order valence-corrected chi connectivity index (χ3v) is 4.08. The average molecular weight is 391 g/mol. The van der Waals surface area contributed by atoms with Gasteiger partial charge in [0.1, 0.15) is 11.6 Å².